The van der Waals surface area contributed by atoms with E-state index < -0.39 is 18.8 Å². The third-order valence-corrected chi connectivity index (χ3v) is 6.15. The summed E-state index contributed by atoms with van der Waals surface area (Å²) < 4.78 is 51.2. The number of para-hydroxylation sites is 1. The average Bonchev–Trinajstić information content (AvgIpc) is 3.46. The maximum atomic E-state index is 13.9. The zero-order valence-electron chi connectivity index (χ0n) is 20.3. The first-order valence-electron chi connectivity index (χ1n) is 11.7. The molecule has 5 rings (SSSR count). The number of nitrogen functional groups attached to an aromatic ring is 2. The van der Waals surface area contributed by atoms with Crippen LogP contribution < -0.4 is 20.9 Å². The Balaban J connectivity index is 1.37. The van der Waals surface area contributed by atoms with E-state index in [1.165, 1.54) is 23.0 Å². The lowest BCUT2D eigenvalue weighted by molar-refractivity contribution is 0.0822. The van der Waals surface area contributed by atoms with E-state index >= 15 is 0 Å². The number of alkyl halides is 2. The molecule has 0 saturated heterocycles. The highest BCUT2D eigenvalue weighted by Gasteiger charge is 2.25. The van der Waals surface area contributed by atoms with Crippen LogP contribution in [0.15, 0.2) is 66.4 Å². The number of aromatic nitrogens is 2. The topological polar surface area (TPSA) is 105 Å². The molecule has 0 aliphatic heterocycles. The molecule has 0 atom stereocenters. The van der Waals surface area contributed by atoms with Gasteiger partial charge in [0.05, 0.1) is 23.1 Å². The molecule has 0 radical (unpaired) electrons. The van der Waals surface area contributed by atoms with Gasteiger partial charge in [-0.3, -0.25) is 4.79 Å². The quantitative estimate of drug-likeness (QED) is 0.227. The van der Waals surface area contributed by atoms with Crippen molar-refractivity contribution in [3.05, 3.63) is 94.4 Å². The molecule has 194 valence electrons. The number of hydrogen-bond donors (Lipinski definition) is 2. The molecule has 1 heterocycles. The SMILES string of the molecule is Cc1cc(Oc2ccccc2F)ccc1-n1ncc(C(=O)C2=Cc3cc(OCC(F)F)c(N)cc3C2)c1N. The molecule has 0 unspecified atom stereocenters. The van der Waals surface area contributed by atoms with Gasteiger partial charge in [0.2, 0.25) is 0 Å². The lowest BCUT2D eigenvalue weighted by Gasteiger charge is -2.12. The van der Waals surface area contributed by atoms with Crippen molar-refractivity contribution in [1.29, 1.82) is 0 Å². The third kappa shape index (κ3) is 4.80. The van der Waals surface area contributed by atoms with Gasteiger partial charge in [-0.15, -0.1) is 0 Å². The van der Waals surface area contributed by atoms with Crippen LogP contribution in [0, 0.1) is 12.7 Å². The van der Waals surface area contributed by atoms with Crippen molar-refractivity contribution in [3.63, 3.8) is 0 Å². The van der Waals surface area contributed by atoms with Crippen LogP contribution >= 0.6 is 0 Å². The first-order valence-corrected chi connectivity index (χ1v) is 11.7. The molecule has 38 heavy (non-hydrogen) atoms. The van der Waals surface area contributed by atoms with Gasteiger partial charge >= 0.3 is 0 Å². The summed E-state index contributed by atoms with van der Waals surface area (Å²) in [6.07, 6.45) is 0.743. The number of anilines is 2. The maximum Gasteiger partial charge on any atom is 0.272 e. The fraction of sp³-hybridized carbons (Fsp3) is 0.143. The Morgan fingerprint density at radius 3 is 2.63 bits per heavy atom. The standard InChI is InChI=1S/C28H23F3N4O3/c1-15-8-19(38-24-5-3-2-4-21(24)29)6-7-23(15)35-28(33)20(13-34-35)27(36)18-9-16-11-22(32)25(12-17(16)10-18)37-14-26(30)31/h2-8,10-13,26H,9,14,32-33H2,1H3. The van der Waals surface area contributed by atoms with Gasteiger partial charge in [-0.2, -0.15) is 5.10 Å². The minimum Gasteiger partial charge on any atom is -0.485 e. The fourth-order valence-electron chi connectivity index (χ4n) is 4.30. The summed E-state index contributed by atoms with van der Waals surface area (Å²) in [7, 11) is 0. The van der Waals surface area contributed by atoms with Gasteiger partial charge in [0.15, 0.2) is 17.3 Å². The number of carbonyl (C=O) groups excluding carboxylic acids is 1. The van der Waals surface area contributed by atoms with Crippen molar-refractivity contribution in [1.82, 2.24) is 9.78 Å². The van der Waals surface area contributed by atoms with Gasteiger partial charge in [0.1, 0.15) is 23.9 Å². The molecule has 3 aromatic carbocycles. The number of ether oxygens (including phenoxy) is 2. The van der Waals surface area contributed by atoms with Crippen LogP contribution in [0.1, 0.15) is 27.0 Å². The monoisotopic (exact) mass is 520 g/mol. The number of nitrogens with two attached hydrogens (primary N) is 2. The number of nitrogens with zero attached hydrogens (tertiary/aromatic N) is 2. The molecule has 4 aromatic rings. The summed E-state index contributed by atoms with van der Waals surface area (Å²) in [5.74, 6) is 0.0414. The molecule has 0 saturated carbocycles. The smallest absolute Gasteiger partial charge is 0.272 e. The number of aryl methyl sites for hydroxylation is 1. The minimum atomic E-state index is -2.63. The Labute approximate surface area is 216 Å². The summed E-state index contributed by atoms with van der Waals surface area (Å²) in [6, 6.07) is 14.4. The van der Waals surface area contributed by atoms with Crippen LogP contribution in [0.25, 0.3) is 11.8 Å². The number of Topliss-reactive ketones (excluding diaryl/α,β-unsaturated/α-hetero) is 1. The Bertz CT molecular complexity index is 1580. The van der Waals surface area contributed by atoms with Gasteiger partial charge in [-0.1, -0.05) is 12.1 Å². The Morgan fingerprint density at radius 1 is 1.11 bits per heavy atom. The Hall–Kier alpha value is -4.73. The lowest BCUT2D eigenvalue weighted by Crippen LogP contribution is -2.09. The van der Waals surface area contributed by atoms with E-state index in [1.54, 1.807) is 48.5 Å². The summed E-state index contributed by atoms with van der Waals surface area (Å²) >= 11 is 0. The van der Waals surface area contributed by atoms with Crippen LogP contribution in [-0.4, -0.2) is 28.6 Å². The molecule has 0 fully saturated rings. The van der Waals surface area contributed by atoms with Gasteiger partial charge in [0, 0.05) is 12.0 Å². The van der Waals surface area contributed by atoms with Crippen LogP contribution in [0.2, 0.25) is 0 Å². The predicted octanol–water partition coefficient (Wildman–Crippen LogP) is 5.74. The van der Waals surface area contributed by atoms with Crippen molar-refractivity contribution in [2.45, 2.75) is 19.8 Å². The zero-order chi connectivity index (χ0) is 27.0. The van der Waals surface area contributed by atoms with Crippen molar-refractivity contribution in [2.75, 3.05) is 18.1 Å². The zero-order valence-corrected chi connectivity index (χ0v) is 20.3. The van der Waals surface area contributed by atoms with Crippen molar-refractivity contribution < 1.29 is 27.4 Å². The fourth-order valence-corrected chi connectivity index (χ4v) is 4.30. The molecule has 1 aromatic heterocycles. The van der Waals surface area contributed by atoms with E-state index in [-0.39, 0.29) is 34.4 Å². The number of carbonyl (C=O) groups is 1. The van der Waals surface area contributed by atoms with Crippen LogP contribution in [-0.2, 0) is 6.42 Å². The molecule has 1 aliphatic carbocycles. The van der Waals surface area contributed by atoms with Gasteiger partial charge < -0.3 is 20.9 Å². The first kappa shape index (κ1) is 24.9. The number of allylic oxidation sites excluding steroid dienone is 1. The minimum absolute atomic E-state index is 0.103. The maximum absolute atomic E-state index is 13.9. The Morgan fingerprint density at radius 2 is 1.89 bits per heavy atom. The third-order valence-electron chi connectivity index (χ3n) is 6.15. The summed E-state index contributed by atoms with van der Waals surface area (Å²) in [5.41, 5.74) is 16.0. The van der Waals surface area contributed by atoms with Gasteiger partial charge in [-0.25, -0.2) is 17.9 Å². The second kappa shape index (κ2) is 9.97. The normalized spacial score (nSPS) is 12.4. The molecule has 0 bridgehead atoms. The Kier molecular flexibility index (Phi) is 6.54. The number of ketones is 1. The molecule has 4 N–H and O–H groups in total. The predicted molar refractivity (Wildman–Crippen MR) is 138 cm³/mol. The van der Waals surface area contributed by atoms with Crippen LogP contribution in [0.4, 0.5) is 24.7 Å². The summed E-state index contributed by atoms with van der Waals surface area (Å²) in [5, 5.41) is 4.32. The molecular formula is C28H23F3N4O3. The van der Waals surface area contributed by atoms with E-state index in [2.05, 4.69) is 5.10 Å². The molecule has 0 amide bonds. The number of benzene rings is 3. The van der Waals surface area contributed by atoms with E-state index in [9.17, 15) is 18.0 Å². The number of fused-ring (bicyclic) bond motifs is 1. The molecular weight excluding hydrogens is 497 g/mol. The van der Waals surface area contributed by atoms with E-state index in [4.69, 9.17) is 20.9 Å². The molecule has 7 nitrogen and oxygen atoms in total. The van der Waals surface area contributed by atoms with Gasteiger partial charge in [0.25, 0.3) is 6.43 Å². The lowest BCUT2D eigenvalue weighted by atomic mass is 10.0. The molecule has 10 heteroatoms. The highest BCUT2D eigenvalue weighted by molar-refractivity contribution is 6.15. The van der Waals surface area contributed by atoms with Crippen molar-refractivity contribution in [2.24, 2.45) is 0 Å². The number of rotatable bonds is 8. The number of hydrogen-bond acceptors (Lipinski definition) is 6. The second-order valence-electron chi connectivity index (χ2n) is 8.80. The van der Waals surface area contributed by atoms with Crippen molar-refractivity contribution in [3.8, 4) is 22.9 Å². The largest absolute Gasteiger partial charge is 0.485 e. The van der Waals surface area contributed by atoms with Crippen LogP contribution in [0.3, 0.4) is 0 Å². The molecule has 0 spiro atoms. The van der Waals surface area contributed by atoms with Crippen molar-refractivity contribution >= 4 is 23.4 Å². The van der Waals surface area contributed by atoms with E-state index in [0.717, 1.165) is 11.1 Å². The molecule has 1 aliphatic rings. The summed E-state index contributed by atoms with van der Waals surface area (Å²) in [4.78, 5) is 13.3. The van der Waals surface area contributed by atoms with E-state index in [1.807, 2.05) is 6.92 Å². The summed E-state index contributed by atoms with van der Waals surface area (Å²) in [6.45, 7) is 1.05. The van der Waals surface area contributed by atoms with Crippen LogP contribution in [0.5, 0.6) is 17.2 Å². The number of halogens is 3. The first-order chi connectivity index (χ1) is 18.2. The highest BCUT2D eigenvalue weighted by atomic mass is 19.3. The second-order valence-corrected chi connectivity index (χ2v) is 8.80. The highest BCUT2D eigenvalue weighted by Crippen LogP contribution is 2.35. The van der Waals surface area contributed by atoms with Gasteiger partial charge in [-0.05, 0) is 72.2 Å². The average molecular weight is 521 g/mol. The van der Waals surface area contributed by atoms with E-state index in [0.29, 0.717) is 29.0 Å².